The number of hydrogen-bond acceptors (Lipinski definition) is 1. The van der Waals surface area contributed by atoms with E-state index in [-0.39, 0.29) is 23.6 Å². The molecular weight excluding hydrogens is 272 g/mol. The zero-order chi connectivity index (χ0) is 15.2. The Morgan fingerprint density at radius 1 is 1.10 bits per heavy atom. The molecule has 0 bridgehead atoms. The molecule has 0 aliphatic heterocycles. The Hall–Kier alpha value is -2.49. The van der Waals surface area contributed by atoms with Crippen LogP contribution in [0.1, 0.15) is 24.1 Å². The average Bonchev–Trinajstić information content (AvgIpc) is 2.47. The third-order valence-electron chi connectivity index (χ3n) is 3.05. The zero-order valence-electron chi connectivity index (χ0n) is 11.5. The second-order valence-corrected chi connectivity index (χ2v) is 4.64. The van der Waals surface area contributed by atoms with Crippen molar-refractivity contribution in [2.24, 2.45) is 0 Å². The van der Waals surface area contributed by atoms with E-state index in [1.54, 1.807) is 37.3 Å². The predicted molar refractivity (Wildman–Crippen MR) is 78.4 cm³/mol. The van der Waals surface area contributed by atoms with Crippen LogP contribution < -0.4 is 5.32 Å². The molecule has 0 aliphatic carbocycles. The van der Waals surface area contributed by atoms with Crippen LogP contribution in [0.4, 0.5) is 8.78 Å². The highest BCUT2D eigenvalue weighted by atomic mass is 19.1. The topological polar surface area (TPSA) is 29.1 Å². The summed E-state index contributed by atoms with van der Waals surface area (Å²) in [6, 6.07) is 11.8. The second-order valence-electron chi connectivity index (χ2n) is 4.64. The van der Waals surface area contributed by atoms with Gasteiger partial charge < -0.3 is 5.32 Å². The summed E-state index contributed by atoms with van der Waals surface area (Å²) in [4.78, 5) is 11.8. The van der Waals surface area contributed by atoms with Crippen LogP contribution in [-0.2, 0) is 4.79 Å². The van der Waals surface area contributed by atoms with Crippen LogP contribution in [0.15, 0.2) is 54.6 Å². The van der Waals surface area contributed by atoms with E-state index in [0.717, 1.165) is 5.56 Å². The van der Waals surface area contributed by atoms with Gasteiger partial charge in [0.15, 0.2) is 0 Å². The van der Waals surface area contributed by atoms with E-state index in [1.807, 2.05) is 0 Å². The summed E-state index contributed by atoms with van der Waals surface area (Å²) < 4.78 is 26.2. The fraction of sp³-hybridized carbons (Fsp3) is 0.118. The van der Waals surface area contributed by atoms with Crippen LogP contribution in [0.25, 0.3) is 6.08 Å². The molecule has 0 spiro atoms. The summed E-state index contributed by atoms with van der Waals surface area (Å²) >= 11 is 0. The summed E-state index contributed by atoms with van der Waals surface area (Å²) in [6.45, 7) is 1.79. The molecule has 0 radical (unpaired) electrons. The molecule has 21 heavy (non-hydrogen) atoms. The van der Waals surface area contributed by atoms with E-state index in [2.05, 4.69) is 5.32 Å². The smallest absolute Gasteiger partial charge is 0.244 e. The summed E-state index contributed by atoms with van der Waals surface area (Å²) in [5, 5.41) is 2.73. The van der Waals surface area contributed by atoms with Crippen LogP contribution >= 0.6 is 0 Å². The molecule has 1 N–H and O–H groups in total. The molecule has 0 saturated heterocycles. The van der Waals surface area contributed by atoms with Gasteiger partial charge in [0.05, 0.1) is 6.04 Å². The molecule has 0 fully saturated rings. The second kappa shape index (κ2) is 6.79. The first-order valence-electron chi connectivity index (χ1n) is 6.55. The highest BCUT2D eigenvalue weighted by Crippen LogP contribution is 2.13. The number of halogens is 2. The monoisotopic (exact) mass is 287 g/mol. The quantitative estimate of drug-likeness (QED) is 0.850. The molecule has 4 heteroatoms. The van der Waals surface area contributed by atoms with Gasteiger partial charge in [-0.2, -0.15) is 0 Å². The molecule has 0 heterocycles. The minimum absolute atomic E-state index is 0.261. The van der Waals surface area contributed by atoms with Gasteiger partial charge in [-0.15, -0.1) is 0 Å². The summed E-state index contributed by atoms with van der Waals surface area (Å²) in [5.41, 5.74) is 1.14. The van der Waals surface area contributed by atoms with E-state index in [9.17, 15) is 13.6 Å². The third-order valence-corrected chi connectivity index (χ3v) is 3.05. The van der Waals surface area contributed by atoms with Crippen LogP contribution in [-0.4, -0.2) is 5.91 Å². The molecule has 0 aliphatic rings. The molecule has 1 amide bonds. The summed E-state index contributed by atoms with van der Waals surface area (Å²) in [5.74, 6) is -1.04. The predicted octanol–water partition coefficient (Wildman–Crippen LogP) is 3.86. The lowest BCUT2D eigenvalue weighted by atomic mass is 10.1. The molecule has 2 aromatic rings. The van der Waals surface area contributed by atoms with Crippen LogP contribution in [0.5, 0.6) is 0 Å². The van der Waals surface area contributed by atoms with Gasteiger partial charge in [0, 0.05) is 11.6 Å². The highest BCUT2D eigenvalue weighted by molar-refractivity contribution is 5.92. The molecule has 2 aromatic carbocycles. The minimum Gasteiger partial charge on any atom is -0.346 e. The van der Waals surface area contributed by atoms with Gasteiger partial charge in [-0.25, -0.2) is 8.78 Å². The maximum atomic E-state index is 13.4. The summed E-state index contributed by atoms with van der Waals surface area (Å²) in [7, 11) is 0. The lowest BCUT2D eigenvalue weighted by Gasteiger charge is -2.12. The largest absolute Gasteiger partial charge is 0.346 e. The van der Waals surface area contributed by atoms with Gasteiger partial charge in [0.1, 0.15) is 11.6 Å². The Kier molecular flexibility index (Phi) is 4.82. The van der Waals surface area contributed by atoms with Crippen molar-refractivity contribution < 1.29 is 13.6 Å². The Morgan fingerprint density at radius 2 is 1.76 bits per heavy atom. The molecule has 0 saturated carbocycles. The first-order chi connectivity index (χ1) is 10.1. The van der Waals surface area contributed by atoms with Crippen LogP contribution in [0.2, 0.25) is 0 Å². The number of amides is 1. The van der Waals surface area contributed by atoms with Crippen LogP contribution in [0, 0.1) is 11.6 Å². The SMILES string of the molecule is C[C@H](NC(=O)/C=C/c1ccccc1F)c1ccc(F)cc1. The molecule has 2 rings (SSSR count). The number of nitrogens with one attached hydrogen (secondary N) is 1. The van der Waals surface area contributed by atoms with Crippen molar-refractivity contribution in [3.05, 3.63) is 77.4 Å². The average molecular weight is 287 g/mol. The Morgan fingerprint density at radius 3 is 2.43 bits per heavy atom. The highest BCUT2D eigenvalue weighted by Gasteiger charge is 2.07. The molecule has 0 aromatic heterocycles. The minimum atomic E-state index is -0.381. The first kappa shape index (κ1) is 14.9. The van der Waals surface area contributed by atoms with Gasteiger partial charge in [-0.3, -0.25) is 4.79 Å². The van der Waals surface area contributed by atoms with Gasteiger partial charge in [0.2, 0.25) is 5.91 Å². The molecule has 2 nitrogen and oxygen atoms in total. The lowest BCUT2D eigenvalue weighted by molar-refractivity contribution is -0.117. The Bertz CT molecular complexity index is 650. The number of carbonyl (C=O) groups is 1. The molecule has 0 unspecified atom stereocenters. The van der Waals surface area contributed by atoms with E-state index in [0.29, 0.717) is 5.56 Å². The standard InChI is InChI=1S/C17H15F2NO/c1-12(13-6-9-15(18)10-7-13)20-17(21)11-8-14-4-2-3-5-16(14)19/h2-12H,1H3,(H,20,21)/b11-8+/t12-/m0/s1. The van der Waals surface area contributed by atoms with E-state index in [4.69, 9.17) is 0 Å². The fourth-order valence-corrected chi connectivity index (χ4v) is 1.87. The maximum absolute atomic E-state index is 13.4. The van der Waals surface area contributed by atoms with Crippen molar-refractivity contribution in [1.29, 1.82) is 0 Å². The number of hydrogen-bond donors (Lipinski definition) is 1. The Labute approximate surface area is 122 Å². The number of carbonyl (C=O) groups excluding carboxylic acids is 1. The molecule has 108 valence electrons. The van der Waals surface area contributed by atoms with E-state index >= 15 is 0 Å². The van der Waals surface area contributed by atoms with E-state index < -0.39 is 0 Å². The van der Waals surface area contributed by atoms with Crippen molar-refractivity contribution in [3.63, 3.8) is 0 Å². The molecule has 1 atom stereocenters. The van der Waals surface area contributed by atoms with Crippen molar-refractivity contribution in [2.45, 2.75) is 13.0 Å². The van der Waals surface area contributed by atoms with Gasteiger partial charge in [-0.1, -0.05) is 30.3 Å². The van der Waals surface area contributed by atoms with Crippen molar-refractivity contribution in [1.82, 2.24) is 5.32 Å². The molecular formula is C17H15F2NO. The maximum Gasteiger partial charge on any atom is 0.244 e. The van der Waals surface area contributed by atoms with Gasteiger partial charge in [-0.05, 0) is 36.8 Å². The fourth-order valence-electron chi connectivity index (χ4n) is 1.87. The van der Waals surface area contributed by atoms with Gasteiger partial charge in [0.25, 0.3) is 0 Å². The van der Waals surface area contributed by atoms with Gasteiger partial charge >= 0.3 is 0 Å². The number of benzene rings is 2. The first-order valence-corrected chi connectivity index (χ1v) is 6.55. The zero-order valence-corrected chi connectivity index (χ0v) is 11.5. The van der Waals surface area contributed by atoms with Crippen LogP contribution in [0.3, 0.4) is 0 Å². The Balaban J connectivity index is 1.98. The van der Waals surface area contributed by atoms with Crippen molar-refractivity contribution in [2.75, 3.05) is 0 Å². The number of rotatable bonds is 4. The van der Waals surface area contributed by atoms with Crippen molar-refractivity contribution >= 4 is 12.0 Å². The normalized spacial score (nSPS) is 12.3. The van der Waals surface area contributed by atoms with Crippen molar-refractivity contribution in [3.8, 4) is 0 Å². The lowest BCUT2D eigenvalue weighted by Crippen LogP contribution is -2.24. The van der Waals surface area contributed by atoms with E-state index in [1.165, 1.54) is 30.4 Å². The summed E-state index contributed by atoms with van der Waals surface area (Å²) in [6.07, 6.45) is 2.69. The third kappa shape index (κ3) is 4.24.